The number of aromatic carboxylic acids is 1. The Bertz CT molecular complexity index is 1940. The average Bonchev–Trinajstić information content (AvgIpc) is 3.57. The highest BCUT2D eigenvalue weighted by Gasteiger charge is 2.35. The molecule has 43 heavy (non-hydrogen) atoms. The third-order valence-electron chi connectivity index (χ3n) is 6.71. The van der Waals surface area contributed by atoms with Crippen LogP contribution in [-0.2, 0) is 9.53 Å². The van der Waals surface area contributed by atoms with Crippen LogP contribution < -0.4 is 24.4 Å². The molecule has 0 fully saturated rings. The fraction of sp³-hybridized carbons (Fsp3) is 0.226. The predicted molar refractivity (Wildman–Crippen MR) is 163 cm³/mol. The van der Waals surface area contributed by atoms with Crippen LogP contribution in [0.1, 0.15) is 48.5 Å². The Kier molecular flexibility index (Phi) is 8.69. The first kappa shape index (κ1) is 30.1. The molecule has 0 unspecified atom stereocenters. The number of rotatable bonds is 9. The minimum Gasteiger partial charge on any atom is -0.493 e. The lowest BCUT2D eigenvalue weighted by Crippen LogP contribution is -2.40. The molecule has 222 valence electrons. The standard InChI is InChI=1S/C31H27BrN2O8S/c1-5-40-24-15-21(32)20(14-23(24)39-4)27-26(30(38)41-6-2)16(3)33-31-34(27)28(35)25(43-31)13-19-11-12-22(42-19)17-7-9-18(10-8-17)29(36)37/h7-15,27H,5-6H2,1-4H3,(H,36,37)/b25-13+/t27-/m1/s1. The van der Waals surface area contributed by atoms with Gasteiger partial charge in [-0.05, 0) is 62.7 Å². The van der Waals surface area contributed by atoms with Gasteiger partial charge in [0, 0.05) is 16.1 Å². The van der Waals surface area contributed by atoms with Crippen molar-refractivity contribution in [2.24, 2.45) is 4.99 Å². The molecular formula is C31H27BrN2O8S. The van der Waals surface area contributed by atoms with Crippen LogP contribution in [0.5, 0.6) is 11.5 Å². The number of carbonyl (C=O) groups excluding carboxylic acids is 1. The summed E-state index contributed by atoms with van der Waals surface area (Å²) in [5, 5.41) is 9.16. The molecule has 1 atom stereocenters. The molecule has 0 amide bonds. The molecule has 5 rings (SSSR count). The van der Waals surface area contributed by atoms with Crippen LogP contribution in [0.4, 0.5) is 0 Å². The molecule has 1 aliphatic heterocycles. The molecule has 1 aliphatic rings. The summed E-state index contributed by atoms with van der Waals surface area (Å²) in [7, 11) is 1.52. The smallest absolute Gasteiger partial charge is 0.338 e. The summed E-state index contributed by atoms with van der Waals surface area (Å²) in [5.74, 6) is 0.297. The Morgan fingerprint density at radius 3 is 2.51 bits per heavy atom. The van der Waals surface area contributed by atoms with Gasteiger partial charge in [0.2, 0.25) is 0 Å². The van der Waals surface area contributed by atoms with Gasteiger partial charge in [0.15, 0.2) is 16.3 Å². The summed E-state index contributed by atoms with van der Waals surface area (Å²) >= 11 is 4.79. The number of hydrogen-bond donors (Lipinski definition) is 1. The van der Waals surface area contributed by atoms with Crippen molar-refractivity contribution in [3.63, 3.8) is 0 Å². The Morgan fingerprint density at radius 1 is 1.12 bits per heavy atom. The van der Waals surface area contributed by atoms with Crippen LogP contribution in [0.3, 0.4) is 0 Å². The van der Waals surface area contributed by atoms with Gasteiger partial charge in [0.25, 0.3) is 5.56 Å². The number of thiazole rings is 1. The van der Waals surface area contributed by atoms with E-state index in [4.69, 9.17) is 23.7 Å². The zero-order valence-corrected chi connectivity index (χ0v) is 26.1. The van der Waals surface area contributed by atoms with E-state index in [1.807, 2.05) is 6.92 Å². The van der Waals surface area contributed by atoms with E-state index in [1.165, 1.54) is 35.1 Å². The number of carbonyl (C=O) groups is 2. The highest BCUT2D eigenvalue weighted by molar-refractivity contribution is 9.10. The van der Waals surface area contributed by atoms with Crippen molar-refractivity contribution in [2.75, 3.05) is 20.3 Å². The van der Waals surface area contributed by atoms with Crippen LogP contribution in [-0.4, -0.2) is 41.9 Å². The number of esters is 1. The Hall–Kier alpha value is -4.42. The van der Waals surface area contributed by atoms with Crippen molar-refractivity contribution < 1.29 is 33.3 Å². The van der Waals surface area contributed by atoms with Gasteiger partial charge in [-0.3, -0.25) is 9.36 Å². The summed E-state index contributed by atoms with van der Waals surface area (Å²) in [6.07, 6.45) is 1.62. The average molecular weight is 668 g/mol. The third-order valence-corrected chi connectivity index (χ3v) is 8.38. The zero-order valence-electron chi connectivity index (χ0n) is 23.7. The Labute approximate surface area is 258 Å². The zero-order chi connectivity index (χ0) is 30.8. The van der Waals surface area contributed by atoms with Gasteiger partial charge in [0.05, 0.1) is 47.7 Å². The van der Waals surface area contributed by atoms with E-state index in [1.54, 1.807) is 56.3 Å². The first-order chi connectivity index (χ1) is 20.7. The molecule has 2 aromatic carbocycles. The highest BCUT2D eigenvalue weighted by atomic mass is 79.9. The number of ether oxygens (including phenoxy) is 3. The van der Waals surface area contributed by atoms with E-state index in [2.05, 4.69) is 20.9 Å². The molecule has 0 saturated carbocycles. The van der Waals surface area contributed by atoms with E-state index in [0.717, 1.165) is 0 Å². The molecule has 0 spiro atoms. The Balaban J connectivity index is 1.64. The van der Waals surface area contributed by atoms with Crippen molar-refractivity contribution in [3.8, 4) is 22.8 Å². The number of aromatic nitrogens is 1. The summed E-state index contributed by atoms with van der Waals surface area (Å²) in [6.45, 7) is 5.87. The SMILES string of the molecule is CCOC(=O)C1=C(C)N=c2s/c(=C/c3ccc(-c4ccc(C(=O)O)cc4)o3)c(=O)n2[C@@H]1c1cc(OC)c(OCC)cc1Br. The molecule has 0 bridgehead atoms. The minimum absolute atomic E-state index is 0.153. The number of benzene rings is 2. The molecule has 1 N–H and O–H groups in total. The fourth-order valence-corrected chi connectivity index (χ4v) is 6.33. The van der Waals surface area contributed by atoms with Crippen molar-refractivity contribution in [1.29, 1.82) is 0 Å². The number of hydrogen-bond acceptors (Lipinski definition) is 9. The number of halogens is 1. The number of carboxylic acids is 1. The van der Waals surface area contributed by atoms with Crippen molar-refractivity contribution >= 4 is 45.3 Å². The van der Waals surface area contributed by atoms with Crippen molar-refractivity contribution in [2.45, 2.75) is 26.8 Å². The van der Waals surface area contributed by atoms with Gasteiger partial charge >= 0.3 is 11.9 Å². The normalized spacial score (nSPS) is 14.7. The van der Waals surface area contributed by atoms with Crippen LogP contribution in [0.25, 0.3) is 17.4 Å². The lowest BCUT2D eigenvalue weighted by atomic mass is 9.95. The maximum Gasteiger partial charge on any atom is 0.338 e. The monoisotopic (exact) mass is 666 g/mol. The molecule has 4 aromatic rings. The first-order valence-electron chi connectivity index (χ1n) is 13.3. The maximum atomic E-state index is 14.0. The number of fused-ring (bicyclic) bond motifs is 1. The molecule has 0 radical (unpaired) electrons. The molecule has 2 aromatic heterocycles. The number of nitrogens with zero attached hydrogens (tertiary/aromatic N) is 2. The Morgan fingerprint density at radius 2 is 1.86 bits per heavy atom. The van der Waals surface area contributed by atoms with Crippen LogP contribution in [0, 0.1) is 0 Å². The first-order valence-corrected chi connectivity index (χ1v) is 14.9. The van der Waals surface area contributed by atoms with Crippen molar-refractivity contribution in [3.05, 3.63) is 101 Å². The number of allylic oxidation sites excluding steroid dienone is 1. The second kappa shape index (κ2) is 12.4. The van der Waals surface area contributed by atoms with Gasteiger partial charge in [-0.2, -0.15) is 0 Å². The van der Waals surface area contributed by atoms with Gasteiger partial charge < -0.3 is 23.7 Å². The van der Waals surface area contributed by atoms with Crippen LogP contribution in [0.2, 0.25) is 0 Å². The van der Waals surface area contributed by atoms with E-state index in [0.29, 0.717) is 60.3 Å². The van der Waals surface area contributed by atoms with E-state index in [9.17, 15) is 14.4 Å². The fourth-order valence-electron chi connectivity index (χ4n) is 4.77. The summed E-state index contributed by atoms with van der Waals surface area (Å²) in [6, 6.07) is 12.4. The van der Waals surface area contributed by atoms with Gasteiger partial charge in [-0.15, -0.1) is 0 Å². The topological polar surface area (TPSA) is 130 Å². The van der Waals surface area contributed by atoms with Gasteiger partial charge in [-0.25, -0.2) is 14.6 Å². The molecule has 0 aliphatic carbocycles. The quantitative estimate of drug-likeness (QED) is 0.249. The van der Waals surface area contributed by atoms with Crippen LogP contribution >= 0.6 is 27.3 Å². The van der Waals surface area contributed by atoms with E-state index >= 15 is 0 Å². The molecule has 0 saturated heterocycles. The highest BCUT2D eigenvalue weighted by Crippen LogP contribution is 2.41. The maximum absolute atomic E-state index is 14.0. The molecule has 10 nitrogen and oxygen atoms in total. The number of furan rings is 1. The molecule has 12 heteroatoms. The number of carboxylic acid groups (broad SMARTS) is 1. The predicted octanol–water partition coefficient (Wildman–Crippen LogP) is 4.93. The summed E-state index contributed by atoms with van der Waals surface area (Å²) in [4.78, 5) is 43.4. The van der Waals surface area contributed by atoms with Gasteiger partial charge in [-0.1, -0.05) is 39.4 Å². The third kappa shape index (κ3) is 5.80. The summed E-state index contributed by atoms with van der Waals surface area (Å²) in [5.41, 5.74) is 1.75. The van der Waals surface area contributed by atoms with Crippen LogP contribution in [0.15, 0.2) is 78.5 Å². The lowest BCUT2D eigenvalue weighted by molar-refractivity contribution is -0.139. The number of methoxy groups -OCH3 is 1. The minimum atomic E-state index is -1.02. The largest absolute Gasteiger partial charge is 0.493 e. The molecular weight excluding hydrogens is 640 g/mol. The summed E-state index contributed by atoms with van der Waals surface area (Å²) < 4.78 is 25.1. The second-order valence-corrected chi connectivity index (χ2v) is 11.2. The molecule has 3 heterocycles. The van der Waals surface area contributed by atoms with E-state index in [-0.39, 0.29) is 23.3 Å². The second-order valence-electron chi connectivity index (χ2n) is 9.34. The lowest BCUT2D eigenvalue weighted by Gasteiger charge is -2.26. The van der Waals surface area contributed by atoms with Crippen molar-refractivity contribution in [1.82, 2.24) is 4.57 Å². The van der Waals surface area contributed by atoms with Gasteiger partial charge in [0.1, 0.15) is 11.5 Å². The van der Waals surface area contributed by atoms with E-state index < -0.39 is 18.0 Å².